The summed E-state index contributed by atoms with van der Waals surface area (Å²) in [6.07, 6.45) is -4.52. The summed E-state index contributed by atoms with van der Waals surface area (Å²) in [7, 11) is 3.66. The molecule has 0 unspecified atom stereocenters. The van der Waals surface area contributed by atoms with E-state index in [0.29, 0.717) is 13.1 Å². The molecule has 1 rings (SSSR count). The summed E-state index contributed by atoms with van der Waals surface area (Å²) >= 11 is 0. The van der Waals surface area contributed by atoms with Crippen LogP contribution in [0.5, 0.6) is 0 Å². The van der Waals surface area contributed by atoms with E-state index in [4.69, 9.17) is 5.73 Å². The van der Waals surface area contributed by atoms with Crippen molar-refractivity contribution >= 4 is 11.6 Å². The minimum Gasteiger partial charge on any atom is -0.399 e. The van der Waals surface area contributed by atoms with Crippen molar-refractivity contribution in [2.24, 2.45) is 0 Å². The quantitative estimate of drug-likeness (QED) is 0.820. The molecule has 1 amide bonds. The number of carbonyl (C=O) groups is 1. The lowest BCUT2D eigenvalue weighted by Crippen LogP contribution is -2.31. The Hall–Kier alpha value is -1.76. The summed E-state index contributed by atoms with van der Waals surface area (Å²) in [5.74, 6) is -0.570. The van der Waals surface area contributed by atoms with Crippen molar-refractivity contribution in [3.8, 4) is 0 Å². The fourth-order valence-electron chi connectivity index (χ4n) is 1.44. The van der Waals surface area contributed by atoms with Crippen LogP contribution >= 0.6 is 0 Å². The highest BCUT2D eigenvalue weighted by Crippen LogP contribution is 2.31. The van der Waals surface area contributed by atoms with Gasteiger partial charge in [-0.15, -0.1) is 0 Å². The number of nitrogens with zero attached hydrogens (tertiary/aromatic N) is 1. The number of nitrogens with one attached hydrogen (secondary N) is 1. The summed E-state index contributed by atoms with van der Waals surface area (Å²) in [5, 5.41) is 2.53. The molecule has 0 atom stereocenters. The molecule has 0 aliphatic heterocycles. The predicted octanol–water partition coefficient (Wildman–Crippen LogP) is 1.58. The van der Waals surface area contributed by atoms with Gasteiger partial charge in [0.2, 0.25) is 0 Å². The molecule has 3 N–H and O–H groups in total. The van der Waals surface area contributed by atoms with Crippen molar-refractivity contribution in [2.75, 3.05) is 32.9 Å². The average molecular weight is 275 g/mol. The van der Waals surface area contributed by atoms with Crippen LogP contribution in [0.25, 0.3) is 0 Å². The lowest BCUT2D eigenvalue weighted by molar-refractivity contribution is -0.137. The number of halogens is 3. The molecule has 1 aromatic rings. The summed E-state index contributed by atoms with van der Waals surface area (Å²) < 4.78 is 37.7. The van der Waals surface area contributed by atoms with E-state index in [9.17, 15) is 18.0 Å². The number of amides is 1. The molecule has 0 aromatic heterocycles. The zero-order valence-corrected chi connectivity index (χ0v) is 10.7. The van der Waals surface area contributed by atoms with Crippen LogP contribution in [0, 0.1) is 0 Å². The Balaban J connectivity index is 2.83. The van der Waals surface area contributed by atoms with Crippen molar-refractivity contribution in [1.82, 2.24) is 10.2 Å². The third kappa shape index (κ3) is 4.78. The molecule has 0 radical (unpaired) electrons. The van der Waals surface area contributed by atoms with E-state index in [1.165, 1.54) is 6.07 Å². The zero-order chi connectivity index (χ0) is 14.6. The maximum atomic E-state index is 12.6. The van der Waals surface area contributed by atoms with E-state index in [1.54, 1.807) is 0 Å². The molecule has 0 heterocycles. The Kier molecular flexibility index (Phi) is 4.77. The van der Waals surface area contributed by atoms with Gasteiger partial charge in [-0.05, 0) is 32.3 Å². The molecule has 4 nitrogen and oxygen atoms in total. The molecule has 0 spiro atoms. The van der Waals surface area contributed by atoms with Gasteiger partial charge in [-0.1, -0.05) is 0 Å². The zero-order valence-electron chi connectivity index (χ0n) is 10.7. The molecule has 0 bridgehead atoms. The fourth-order valence-corrected chi connectivity index (χ4v) is 1.44. The number of likely N-dealkylation sites (N-methyl/N-ethyl adjacent to an activating group) is 1. The first kappa shape index (κ1) is 15.3. The topological polar surface area (TPSA) is 58.4 Å². The van der Waals surface area contributed by atoms with Crippen LogP contribution in [0.3, 0.4) is 0 Å². The number of nitrogens with two attached hydrogens (primary N) is 1. The molecular weight excluding hydrogens is 259 g/mol. The maximum Gasteiger partial charge on any atom is 0.416 e. The highest BCUT2D eigenvalue weighted by atomic mass is 19.4. The van der Waals surface area contributed by atoms with Gasteiger partial charge in [-0.25, -0.2) is 0 Å². The summed E-state index contributed by atoms with van der Waals surface area (Å²) in [6.45, 7) is 0.947. The minimum absolute atomic E-state index is 0.0902. The first-order valence-electron chi connectivity index (χ1n) is 5.61. The summed E-state index contributed by atoms with van der Waals surface area (Å²) in [6, 6.07) is 2.82. The second kappa shape index (κ2) is 5.92. The number of hydrogen-bond acceptors (Lipinski definition) is 3. The van der Waals surface area contributed by atoms with Crippen molar-refractivity contribution < 1.29 is 18.0 Å². The van der Waals surface area contributed by atoms with E-state index >= 15 is 0 Å². The van der Waals surface area contributed by atoms with Gasteiger partial charge in [-0.2, -0.15) is 13.2 Å². The maximum absolute atomic E-state index is 12.6. The Morgan fingerprint density at radius 1 is 1.32 bits per heavy atom. The number of benzene rings is 1. The number of alkyl halides is 3. The first-order valence-corrected chi connectivity index (χ1v) is 5.61. The third-order valence-electron chi connectivity index (χ3n) is 2.39. The monoisotopic (exact) mass is 275 g/mol. The molecule has 7 heteroatoms. The minimum atomic E-state index is -4.52. The van der Waals surface area contributed by atoms with Gasteiger partial charge in [0.25, 0.3) is 5.91 Å². The lowest BCUT2D eigenvalue weighted by atomic mass is 10.1. The summed E-state index contributed by atoms with van der Waals surface area (Å²) in [4.78, 5) is 13.6. The molecule has 106 valence electrons. The fraction of sp³-hybridized carbons (Fsp3) is 0.417. The molecule has 0 aliphatic carbocycles. The Morgan fingerprint density at radius 2 is 1.95 bits per heavy atom. The molecule has 0 saturated carbocycles. The first-order chi connectivity index (χ1) is 8.70. The Labute approximate surface area is 109 Å². The van der Waals surface area contributed by atoms with E-state index in [-0.39, 0.29) is 11.3 Å². The van der Waals surface area contributed by atoms with Gasteiger partial charge in [0, 0.05) is 24.3 Å². The van der Waals surface area contributed by atoms with Crippen molar-refractivity contribution in [3.63, 3.8) is 0 Å². The van der Waals surface area contributed by atoms with E-state index < -0.39 is 17.6 Å². The smallest absolute Gasteiger partial charge is 0.399 e. The summed E-state index contributed by atoms with van der Waals surface area (Å²) in [5.41, 5.74) is 4.28. The average Bonchev–Trinajstić information content (AvgIpc) is 2.26. The van der Waals surface area contributed by atoms with Crippen molar-refractivity contribution in [1.29, 1.82) is 0 Å². The van der Waals surface area contributed by atoms with Crippen LogP contribution in [0.15, 0.2) is 18.2 Å². The second-order valence-corrected chi connectivity index (χ2v) is 4.40. The van der Waals surface area contributed by atoms with Gasteiger partial charge >= 0.3 is 6.18 Å². The van der Waals surface area contributed by atoms with E-state index in [2.05, 4.69) is 5.32 Å². The van der Waals surface area contributed by atoms with Crippen molar-refractivity contribution in [2.45, 2.75) is 6.18 Å². The van der Waals surface area contributed by atoms with Crippen LogP contribution in [0.4, 0.5) is 18.9 Å². The molecule has 1 aromatic carbocycles. The number of anilines is 1. The number of hydrogen-bond donors (Lipinski definition) is 2. The van der Waals surface area contributed by atoms with Crippen LogP contribution in [0.2, 0.25) is 0 Å². The lowest BCUT2D eigenvalue weighted by Gasteiger charge is -2.12. The normalized spacial score (nSPS) is 11.7. The highest BCUT2D eigenvalue weighted by molar-refractivity contribution is 5.95. The standard InChI is InChI=1S/C12H16F3N3O/c1-18(2)4-3-17-11(19)8-5-9(12(13,14)15)7-10(16)6-8/h5-7H,3-4,16H2,1-2H3,(H,17,19). The van der Waals surface area contributed by atoms with Gasteiger partial charge in [0.05, 0.1) is 5.56 Å². The Morgan fingerprint density at radius 3 is 2.47 bits per heavy atom. The van der Waals surface area contributed by atoms with E-state index in [1.807, 2.05) is 19.0 Å². The number of carbonyl (C=O) groups excluding carboxylic acids is 1. The third-order valence-corrected chi connectivity index (χ3v) is 2.39. The number of nitrogen functional groups attached to an aromatic ring is 1. The second-order valence-electron chi connectivity index (χ2n) is 4.40. The highest BCUT2D eigenvalue weighted by Gasteiger charge is 2.31. The van der Waals surface area contributed by atoms with Crippen LogP contribution in [-0.2, 0) is 6.18 Å². The molecular formula is C12H16F3N3O. The van der Waals surface area contributed by atoms with Gasteiger partial charge in [0.15, 0.2) is 0 Å². The van der Waals surface area contributed by atoms with Crippen molar-refractivity contribution in [3.05, 3.63) is 29.3 Å². The van der Waals surface area contributed by atoms with E-state index in [0.717, 1.165) is 12.1 Å². The van der Waals surface area contributed by atoms with Gasteiger partial charge in [-0.3, -0.25) is 4.79 Å². The number of rotatable bonds is 4. The largest absolute Gasteiger partial charge is 0.416 e. The van der Waals surface area contributed by atoms with Gasteiger partial charge in [0.1, 0.15) is 0 Å². The molecule has 0 saturated heterocycles. The molecule has 19 heavy (non-hydrogen) atoms. The Bertz CT molecular complexity index is 458. The van der Waals surface area contributed by atoms with Crippen LogP contribution < -0.4 is 11.1 Å². The predicted molar refractivity (Wildman–Crippen MR) is 66.7 cm³/mol. The molecule has 0 aliphatic rings. The van der Waals surface area contributed by atoms with Gasteiger partial charge < -0.3 is 16.0 Å². The van der Waals surface area contributed by atoms with Crippen LogP contribution in [0.1, 0.15) is 15.9 Å². The molecule has 0 fully saturated rings. The SMILES string of the molecule is CN(C)CCNC(=O)c1cc(N)cc(C(F)(F)F)c1. The van der Waals surface area contributed by atoms with Crippen LogP contribution in [-0.4, -0.2) is 38.0 Å².